The van der Waals surface area contributed by atoms with Crippen LogP contribution in [0.1, 0.15) is 25.8 Å². The highest BCUT2D eigenvalue weighted by molar-refractivity contribution is 5.76. The van der Waals surface area contributed by atoms with Gasteiger partial charge in [-0.15, -0.1) is 0 Å². The normalized spacial score (nSPS) is 10.2. The molecule has 1 amide bonds. The third kappa shape index (κ3) is 4.34. The molecule has 0 fully saturated rings. The van der Waals surface area contributed by atoms with E-state index in [2.05, 4.69) is 5.32 Å². The molecule has 1 rings (SSSR count). The molecule has 88 valence electrons. The molecule has 0 radical (unpaired) electrons. The van der Waals surface area contributed by atoms with Gasteiger partial charge in [0, 0.05) is 12.5 Å². The number of ether oxygens (including phenoxy) is 1. The van der Waals surface area contributed by atoms with Crippen molar-refractivity contribution < 1.29 is 9.53 Å². The fourth-order valence-corrected chi connectivity index (χ4v) is 1.48. The van der Waals surface area contributed by atoms with Crippen LogP contribution < -0.4 is 10.1 Å². The van der Waals surface area contributed by atoms with Crippen LogP contribution in [0.15, 0.2) is 24.3 Å². The van der Waals surface area contributed by atoms with E-state index >= 15 is 0 Å². The molecule has 1 aromatic rings. The molecule has 0 heterocycles. The van der Waals surface area contributed by atoms with E-state index < -0.39 is 0 Å². The van der Waals surface area contributed by atoms with Crippen molar-refractivity contribution in [3.8, 4) is 5.75 Å². The third-order valence-electron chi connectivity index (χ3n) is 2.22. The molecule has 0 aliphatic rings. The zero-order chi connectivity index (χ0) is 12.0. The first-order valence-electron chi connectivity index (χ1n) is 5.54. The second-order valence-corrected chi connectivity index (χ2v) is 4.07. The van der Waals surface area contributed by atoms with Crippen LogP contribution in [0.2, 0.25) is 0 Å². The fourth-order valence-electron chi connectivity index (χ4n) is 1.48. The Morgan fingerprint density at radius 2 is 2.19 bits per heavy atom. The lowest BCUT2D eigenvalue weighted by Crippen LogP contribution is -2.30. The van der Waals surface area contributed by atoms with Gasteiger partial charge in [-0.25, -0.2) is 0 Å². The number of carbonyl (C=O) groups excluding carboxylic acids is 1. The van der Waals surface area contributed by atoms with Crippen LogP contribution in [-0.4, -0.2) is 19.1 Å². The number of hydrogen-bond acceptors (Lipinski definition) is 2. The van der Waals surface area contributed by atoms with E-state index in [1.54, 1.807) is 7.11 Å². The number of methoxy groups -OCH3 is 1. The minimum absolute atomic E-state index is 0.0952. The van der Waals surface area contributed by atoms with Crippen molar-refractivity contribution in [1.82, 2.24) is 5.32 Å². The van der Waals surface area contributed by atoms with E-state index in [1.807, 2.05) is 38.1 Å². The summed E-state index contributed by atoms with van der Waals surface area (Å²) in [6.45, 7) is 3.92. The molecule has 0 atom stereocenters. The number of hydrogen-bond donors (Lipinski definition) is 1. The zero-order valence-electron chi connectivity index (χ0n) is 10.1. The van der Waals surface area contributed by atoms with Gasteiger partial charge in [-0.3, -0.25) is 4.79 Å². The Labute approximate surface area is 96.8 Å². The molecule has 1 aromatic carbocycles. The standard InChI is InChI=1S/C13H19NO2/c1-10(2)14-13(15)8-7-11-5-4-6-12(9-11)16-3/h4-6,9-10H,7-8H2,1-3H3,(H,14,15). The second-order valence-electron chi connectivity index (χ2n) is 4.07. The van der Waals surface area contributed by atoms with Crippen LogP contribution in [0, 0.1) is 0 Å². The quantitative estimate of drug-likeness (QED) is 0.827. The highest BCUT2D eigenvalue weighted by atomic mass is 16.5. The average molecular weight is 221 g/mol. The van der Waals surface area contributed by atoms with Crippen molar-refractivity contribution in [2.24, 2.45) is 0 Å². The largest absolute Gasteiger partial charge is 0.497 e. The van der Waals surface area contributed by atoms with E-state index in [-0.39, 0.29) is 11.9 Å². The zero-order valence-corrected chi connectivity index (χ0v) is 10.1. The maximum atomic E-state index is 11.4. The van der Waals surface area contributed by atoms with Gasteiger partial charge in [0.2, 0.25) is 5.91 Å². The molecular formula is C13H19NO2. The molecule has 0 spiro atoms. The summed E-state index contributed by atoms with van der Waals surface area (Å²) >= 11 is 0. The Morgan fingerprint density at radius 1 is 1.44 bits per heavy atom. The predicted molar refractivity (Wildman–Crippen MR) is 64.6 cm³/mol. The van der Waals surface area contributed by atoms with Gasteiger partial charge in [0.15, 0.2) is 0 Å². The minimum atomic E-state index is 0.0952. The number of rotatable bonds is 5. The van der Waals surface area contributed by atoms with Crippen molar-refractivity contribution in [2.45, 2.75) is 32.7 Å². The number of amides is 1. The van der Waals surface area contributed by atoms with E-state index in [1.165, 1.54) is 0 Å². The summed E-state index contributed by atoms with van der Waals surface area (Å²) in [5.41, 5.74) is 1.12. The molecule has 0 unspecified atom stereocenters. The first-order chi connectivity index (χ1) is 7.61. The van der Waals surface area contributed by atoms with Gasteiger partial charge in [0.1, 0.15) is 5.75 Å². The smallest absolute Gasteiger partial charge is 0.220 e. The van der Waals surface area contributed by atoms with Gasteiger partial charge >= 0.3 is 0 Å². The lowest BCUT2D eigenvalue weighted by molar-refractivity contribution is -0.121. The van der Waals surface area contributed by atoms with Crippen LogP contribution in [0.5, 0.6) is 5.75 Å². The monoisotopic (exact) mass is 221 g/mol. The van der Waals surface area contributed by atoms with Gasteiger partial charge in [-0.1, -0.05) is 12.1 Å². The minimum Gasteiger partial charge on any atom is -0.497 e. The maximum absolute atomic E-state index is 11.4. The molecule has 0 saturated carbocycles. The topological polar surface area (TPSA) is 38.3 Å². The first-order valence-corrected chi connectivity index (χ1v) is 5.54. The van der Waals surface area contributed by atoms with Crippen molar-refractivity contribution in [3.63, 3.8) is 0 Å². The Bertz CT molecular complexity index is 348. The van der Waals surface area contributed by atoms with Crippen molar-refractivity contribution >= 4 is 5.91 Å². The van der Waals surface area contributed by atoms with Crippen molar-refractivity contribution in [3.05, 3.63) is 29.8 Å². The number of carbonyl (C=O) groups is 1. The molecule has 3 heteroatoms. The maximum Gasteiger partial charge on any atom is 0.220 e. The summed E-state index contributed by atoms with van der Waals surface area (Å²) in [6.07, 6.45) is 1.26. The van der Waals surface area contributed by atoms with Crippen LogP contribution in [0.25, 0.3) is 0 Å². The summed E-state index contributed by atoms with van der Waals surface area (Å²) in [4.78, 5) is 11.4. The third-order valence-corrected chi connectivity index (χ3v) is 2.22. The Kier molecular flexibility index (Phi) is 4.83. The van der Waals surface area contributed by atoms with Gasteiger partial charge < -0.3 is 10.1 Å². The van der Waals surface area contributed by atoms with E-state index in [9.17, 15) is 4.79 Å². The first kappa shape index (κ1) is 12.6. The lowest BCUT2D eigenvalue weighted by atomic mass is 10.1. The lowest BCUT2D eigenvalue weighted by Gasteiger charge is -2.08. The van der Waals surface area contributed by atoms with E-state index in [0.717, 1.165) is 17.7 Å². The number of benzene rings is 1. The van der Waals surface area contributed by atoms with Crippen LogP contribution in [-0.2, 0) is 11.2 Å². The molecule has 0 aliphatic carbocycles. The summed E-state index contributed by atoms with van der Waals surface area (Å²) < 4.78 is 5.13. The van der Waals surface area contributed by atoms with Gasteiger partial charge in [-0.05, 0) is 38.0 Å². The number of nitrogens with one attached hydrogen (secondary N) is 1. The predicted octanol–water partition coefficient (Wildman–Crippen LogP) is 2.15. The summed E-state index contributed by atoms with van der Waals surface area (Å²) in [5, 5.41) is 2.87. The Hall–Kier alpha value is -1.51. The molecule has 0 aromatic heterocycles. The van der Waals surface area contributed by atoms with Crippen LogP contribution >= 0.6 is 0 Å². The number of aryl methyl sites for hydroxylation is 1. The van der Waals surface area contributed by atoms with E-state index in [4.69, 9.17) is 4.74 Å². The van der Waals surface area contributed by atoms with Crippen molar-refractivity contribution in [1.29, 1.82) is 0 Å². The van der Waals surface area contributed by atoms with Gasteiger partial charge in [0.05, 0.1) is 7.11 Å². The highest BCUT2D eigenvalue weighted by Gasteiger charge is 2.04. The Morgan fingerprint density at radius 3 is 2.81 bits per heavy atom. The molecule has 0 aliphatic heterocycles. The molecular weight excluding hydrogens is 202 g/mol. The fraction of sp³-hybridized carbons (Fsp3) is 0.462. The van der Waals surface area contributed by atoms with Gasteiger partial charge in [0.25, 0.3) is 0 Å². The van der Waals surface area contributed by atoms with Gasteiger partial charge in [-0.2, -0.15) is 0 Å². The molecule has 0 bridgehead atoms. The molecule has 3 nitrogen and oxygen atoms in total. The average Bonchev–Trinajstić information content (AvgIpc) is 2.26. The Balaban J connectivity index is 2.45. The van der Waals surface area contributed by atoms with Crippen LogP contribution in [0.3, 0.4) is 0 Å². The van der Waals surface area contributed by atoms with E-state index in [0.29, 0.717) is 6.42 Å². The second kappa shape index (κ2) is 6.16. The summed E-state index contributed by atoms with van der Waals surface area (Å²) in [7, 11) is 1.64. The van der Waals surface area contributed by atoms with Crippen LogP contribution in [0.4, 0.5) is 0 Å². The SMILES string of the molecule is COc1cccc(CCC(=O)NC(C)C)c1. The summed E-state index contributed by atoms with van der Waals surface area (Å²) in [5.74, 6) is 0.930. The molecule has 0 saturated heterocycles. The highest BCUT2D eigenvalue weighted by Crippen LogP contribution is 2.13. The molecule has 1 N–H and O–H groups in total. The summed E-state index contributed by atoms with van der Waals surface area (Å²) in [6, 6.07) is 8.01. The van der Waals surface area contributed by atoms with Crippen molar-refractivity contribution in [2.75, 3.05) is 7.11 Å². The molecule has 16 heavy (non-hydrogen) atoms.